The number of carbonyl (C=O) groups excluding carboxylic acids is 2. The summed E-state index contributed by atoms with van der Waals surface area (Å²) in [6, 6.07) is 13.7. The molecule has 0 bridgehead atoms. The quantitative estimate of drug-likeness (QED) is 0.916. The summed E-state index contributed by atoms with van der Waals surface area (Å²) in [7, 11) is 0. The molecule has 3 rings (SSSR count). The number of amides is 2. The molecule has 6 heteroatoms. The molecule has 2 aromatic rings. The van der Waals surface area contributed by atoms with Gasteiger partial charge in [-0.2, -0.15) is 0 Å². The molecule has 0 aromatic heterocycles. The third kappa shape index (κ3) is 4.14. The number of nitrogens with one attached hydrogen (secondary N) is 1. The van der Waals surface area contributed by atoms with Crippen molar-refractivity contribution in [3.8, 4) is 0 Å². The minimum absolute atomic E-state index is 0.0372. The first-order valence-corrected chi connectivity index (χ1v) is 9.04. The number of hydrogen-bond donors (Lipinski definition) is 1. The summed E-state index contributed by atoms with van der Waals surface area (Å²) in [5.41, 5.74) is 0.797. The molecule has 1 fully saturated rings. The number of carbonyl (C=O) groups is 2. The van der Waals surface area contributed by atoms with Crippen LogP contribution in [0.4, 0.5) is 10.5 Å². The number of piperazine rings is 1. The zero-order valence-corrected chi connectivity index (χ0v) is 15.3. The summed E-state index contributed by atoms with van der Waals surface area (Å²) in [6.07, 6.45) is -0.277. The van der Waals surface area contributed by atoms with Crippen LogP contribution in [0.25, 0.3) is 10.8 Å². The van der Waals surface area contributed by atoms with E-state index in [1.807, 2.05) is 49.4 Å². The van der Waals surface area contributed by atoms with Crippen LogP contribution in [0.1, 0.15) is 13.8 Å². The van der Waals surface area contributed by atoms with Crippen molar-refractivity contribution in [2.45, 2.75) is 19.9 Å². The van der Waals surface area contributed by atoms with Crippen molar-refractivity contribution in [3.63, 3.8) is 0 Å². The molecule has 0 unspecified atom stereocenters. The molecule has 1 N–H and O–H groups in total. The predicted molar refractivity (Wildman–Crippen MR) is 102 cm³/mol. The molecule has 0 spiro atoms. The normalized spacial score (nSPS) is 16.3. The summed E-state index contributed by atoms with van der Waals surface area (Å²) >= 11 is 0. The number of hydrogen-bond acceptors (Lipinski definition) is 4. The third-order valence-corrected chi connectivity index (χ3v) is 4.78. The van der Waals surface area contributed by atoms with Gasteiger partial charge in [-0.05, 0) is 36.8 Å². The molecule has 1 aliphatic heterocycles. The number of fused-ring (bicyclic) bond motifs is 1. The van der Waals surface area contributed by atoms with Crippen molar-refractivity contribution < 1.29 is 14.3 Å². The van der Waals surface area contributed by atoms with Crippen LogP contribution in [-0.4, -0.2) is 60.6 Å². The fourth-order valence-electron chi connectivity index (χ4n) is 3.19. The van der Waals surface area contributed by atoms with Crippen LogP contribution >= 0.6 is 0 Å². The Balaban J connectivity index is 1.57. The number of ether oxygens (including phenoxy) is 1. The van der Waals surface area contributed by atoms with E-state index in [2.05, 4.69) is 10.2 Å². The van der Waals surface area contributed by atoms with Gasteiger partial charge in [-0.1, -0.05) is 30.3 Å². The third-order valence-electron chi connectivity index (χ3n) is 4.78. The lowest BCUT2D eigenvalue weighted by Crippen LogP contribution is -2.54. The van der Waals surface area contributed by atoms with Crippen LogP contribution in [0.15, 0.2) is 42.5 Å². The maximum Gasteiger partial charge on any atom is 0.409 e. The van der Waals surface area contributed by atoms with E-state index in [-0.39, 0.29) is 18.0 Å². The lowest BCUT2D eigenvalue weighted by Gasteiger charge is -2.36. The van der Waals surface area contributed by atoms with Crippen molar-refractivity contribution >= 4 is 28.5 Å². The number of anilines is 1. The zero-order valence-electron chi connectivity index (χ0n) is 15.3. The van der Waals surface area contributed by atoms with Gasteiger partial charge in [0.1, 0.15) is 0 Å². The minimum Gasteiger partial charge on any atom is -0.450 e. The largest absolute Gasteiger partial charge is 0.450 e. The van der Waals surface area contributed by atoms with Crippen LogP contribution < -0.4 is 5.32 Å². The van der Waals surface area contributed by atoms with Gasteiger partial charge in [-0.25, -0.2) is 4.79 Å². The van der Waals surface area contributed by atoms with Gasteiger partial charge < -0.3 is 15.0 Å². The van der Waals surface area contributed by atoms with Gasteiger partial charge in [-0.3, -0.25) is 9.69 Å². The predicted octanol–water partition coefficient (Wildman–Crippen LogP) is 2.94. The van der Waals surface area contributed by atoms with E-state index in [9.17, 15) is 9.59 Å². The molecule has 0 radical (unpaired) electrons. The fourth-order valence-corrected chi connectivity index (χ4v) is 3.19. The van der Waals surface area contributed by atoms with Crippen LogP contribution in [0.5, 0.6) is 0 Å². The summed E-state index contributed by atoms with van der Waals surface area (Å²) in [5.74, 6) is -0.0372. The average Bonchev–Trinajstić information content (AvgIpc) is 2.67. The molecule has 0 aliphatic carbocycles. The van der Waals surface area contributed by atoms with E-state index in [0.29, 0.717) is 32.8 Å². The maximum absolute atomic E-state index is 12.6. The molecular weight excluding hydrogens is 330 g/mol. The minimum atomic E-state index is -0.277. The van der Waals surface area contributed by atoms with Crippen LogP contribution in [0.3, 0.4) is 0 Å². The fraction of sp³-hybridized carbons (Fsp3) is 0.400. The van der Waals surface area contributed by atoms with Gasteiger partial charge >= 0.3 is 6.09 Å². The number of benzene rings is 2. The van der Waals surface area contributed by atoms with Gasteiger partial charge in [0.25, 0.3) is 0 Å². The highest BCUT2D eigenvalue weighted by Crippen LogP contribution is 2.19. The SMILES string of the molecule is CCOC(=O)N1CCN([C@@H](C)C(=O)Nc2ccc3ccccc3c2)CC1. The topological polar surface area (TPSA) is 61.9 Å². The molecule has 6 nitrogen and oxygen atoms in total. The Labute approximate surface area is 153 Å². The van der Waals surface area contributed by atoms with Crippen molar-refractivity contribution in [3.05, 3.63) is 42.5 Å². The van der Waals surface area contributed by atoms with Gasteiger partial charge in [0.2, 0.25) is 5.91 Å². The first-order chi connectivity index (χ1) is 12.6. The van der Waals surface area contributed by atoms with E-state index in [1.54, 1.807) is 11.8 Å². The van der Waals surface area contributed by atoms with Gasteiger partial charge in [0.15, 0.2) is 0 Å². The Bertz CT molecular complexity index is 785. The Hall–Kier alpha value is -2.60. The summed E-state index contributed by atoms with van der Waals surface area (Å²) < 4.78 is 5.03. The van der Waals surface area contributed by atoms with E-state index in [0.717, 1.165) is 16.5 Å². The van der Waals surface area contributed by atoms with Crippen LogP contribution in [0.2, 0.25) is 0 Å². The molecule has 1 atom stereocenters. The molecule has 2 aromatic carbocycles. The second-order valence-corrected chi connectivity index (χ2v) is 6.45. The molecule has 1 saturated heterocycles. The highest BCUT2D eigenvalue weighted by Gasteiger charge is 2.28. The Morgan fingerprint density at radius 3 is 2.46 bits per heavy atom. The Morgan fingerprint density at radius 1 is 1.08 bits per heavy atom. The molecule has 2 amide bonds. The Kier molecular flexibility index (Phi) is 5.73. The first-order valence-electron chi connectivity index (χ1n) is 9.04. The highest BCUT2D eigenvalue weighted by molar-refractivity contribution is 5.97. The summed E-state index contributed by atoms with van der Waals surface area (Å²) in [6.45, 7) is 6.54. The first kappa shape index (κ1) is 18.2. The molecule has 1 aliphatic rings. The smallest absolute Gasteiger partial charge is 0.409 e. The van der Waals surface area contributed by atoms with Crippen LogP contribution in [0, 0.1) is 0 Å². The molecule has 138 valence electrons. The van der Waals surface area contributed by atoms with Gasteiger partial charge in [0.05, 0.1) is 12.6 Å². The average molecular weight is 355 g/mol. The zero-order chi connectivity index (χ0) is 18.5. The number of nitrogens with zero attached hydrogens (tertiary/aromatic N) is 2. The van der Waals surface area contributed by atoms with E-state index in [4.69, 9.17) is 4.74 Å². The molecule has 1 heterocycles. The molecular formula is C20H25N3O3. The standard InChI is InChI=1S/C20H25N3O3/c1-3-26-20(25)23-12-10-22(11-13-23)15(2)19(24)21-18-9-8-16-6-4-5-7-17(16)14-18/h4-9,14-15H,3,10-13H2,1-2H3,(H,21,24)/t15-/m0/s1. The van der Waals surface area contributed by atoms with Crippen molar-refractivity contribution in [2.24, 2.45) is 0 Å². The van der Waals surface area contributed by atoms with Crippen LogP contribution in [-0.2, 0) is 9.53 Å². The summed E-state index contributed by atoms with van der Waals surface area (Å²) in [4.78, 5) is 28.1. The maximum atomic E-state index is 12.6. The Morgan fingerprint density at radius 2 is 1.77 bits per heavy atom. The summed E-state index contributed by atoms with van der Waals surface area (Å²) in [5, 5.41) is 5.24. The number of rotatable bonds is 4. The van der Waals surface area contributed by atoms with Gasteiger partial charge in [0, 0.05) is 31.9 Å². The second kappa shape index (κ2) is 8.19. The molecule has 0 saturated carbocycles. The van der Waals surface area contributed by atoms with Crippen molar-refractivity contribution in [1.82, 2.24) is 9.80 Å². The highest BCUT2D eigenvalue weighted by atomic mass is 16.6. The van der Waals surface area contributed by atoms with Crippen molar-refractivity contribution in [2.75, 3.05) is 38.1 Å². The monoisotopic (exact) mass is 355 g/mol. The lowest BCUT2D eigenvalue weighted by atomic mass is 10.1. The second-order valence-electron chi connectivity index (χ2n) is 6.45. The van der Waals surface area contributed by atoms with E-state index < -0.39 is 0 Å². The molecule has 26 heavy (non-hydrogen) atoms. The lowest BCUT2D eigenvalue weighted by molar-refractivity contribution is -0.121. The van der Waals surface area contributed by atoms with Gasteiger partial charge in [-0.15, -0.1) is 0 Å². The van der Waals surface area contributed by atoms with E-state index in [1.165, 1.54) is 0 Å². The van der Waals surface area contributed by atoms with Crippen molar-refractivity contribution in [1.29, 1.82) is 0 Å². The van der Waals surface area contributed by atoms with E-state index >= 15 is 0 Å².